The first-order chi connectivity index (χ1) is 12.5. The topological polar surface area (TPSA) is 44.8 Å². The molecule has 0 unspecified atom stereocenters. The second-order valence-electron chi connectivity index (χ2n) is 6.21. The molecule has 0 saturated carbocycles. The fourth-order valence-electron chi connectivity index (χ4n) is 2.96. The van der Waals surface area contributed by atoms with Crippen molar-refractivity contribution in [1.29, 1.82) is 0 Å². The van der Waals surface area contributed by atoms with E-state index in [0.29, 0.717) is 43.3 Å². The average molecular weight is 361 g/mol. The third kappa shape index (κ3) is 3.87. The zero-order valence-electron chi connectivity index (χ0n) is 14.8. The van der Waals surface area contributed by atoms with Crippen LogP contribution < -0.4 is 15.0 Å². The van der Waals surface area contributed by atoms with Gasteiger partial charge in [-0.1, -0.05) is 6.07 Å². The van der Waals surface area contributed by atoms with Gasteiger partial charge in [0, 0.05) is 37.9 Å². The SMILES string of the molecule is COc1ccc(C)cc1NC(=O)N1CCN(c2ccc(F)c(F)c2)CC1. The van der Waals surface area contributed by atoms with Gasteiger partial charge >= 0.3 is 6.03 Å². The maximum absolute atomic E-state index is 13.4. The summed E-state index contributed by atoms with van der Waals surface area (Å²) < 4.78 is 31.7. The third-order valence-corrected chi connectivity index (χ3v) is 4.43. The van der Waals surface area contributed by atoms with Gasteiger partial charge in [0.25, 0.3) is 0 Å². The molecular formula is C19H21F2N3O2. The highest BCUT2D eigenvalue weighted by molar-refractivity contribution is 5.91. The molecule has 0 spiro atoms. The number of amides is 2. The van der Waals surface area contributed by atoms with Gasteiger partial charge in [-0.3, -0.25) is 0 Å². The van der Waals surface area contributed by atoms with Crippen molar-refractivity contribution in [2.24, 2.45) is 0 Å². The highest BCUT2D eigenvalue weighted by Gasteiger charge is 2.22. The summed E-state index contributed by atoms with van der Waals surface area (Å²) in [5.74, 6) is -1.13. The third-order valence-electron chi connectivity index (χ3n) is 4.43. The van der Waals surface area contributed by atoms with E-state index in [0.717, 1.165) is 11.6 Å². The zero-order chi connectivity index (χ0) is 18.7. The van der Waals surface area contributed by atoms with Crippen LogP contribution in [0.5, 0.6) is 5.75 Å². The lowest BCUT2D eigenvalue weighted by Crippen LogP contribution is -2.50. The normalized spacial score (nSPS) is 14.3. The molecule has 3 rings (SSSR count). The van der Waals surface area contributed by atoms with Gasteiger partial charge in [-0.2, -0.15) is 0 Å². The molecule has 2 amide bonds. The van der Waals surface area contributed by atoms with Crippen LogP contribution in [-0.2, 0) is 0 Å². The molecule has 1 aliphatic heterocycles. The van der Waals surface area contributed by atoms with E-state index in [1.807, 2.05) is 30.0 Å². The number of hydrogen-bond acceptors (Lipinski definition) is 3. The van der Waals surface area contributed by atoms with Crippen molar-refractivity contribution in [1.82, 2.24) is 4.90 Å². The summed E-state index contributed by atoms with van der Waals surface area (Å²) in [6, 6.07) is 9.22. The van der Waals surface area contributed by atoms with Crippen LogP contribution in [0, 0.1) is 18.6 Å². The Labute approximate surface area is 151 Å². The lowest BCUT2D eigenvalue weighted by atomic mass is 10.2. The Bertz CT molecular complexity index is 805. The second-order valence-corrected chi connectivity index (χ2v) is 6.21. The number of methoxy groups -OCH3 is 1. The molecule has 0 aromatic heterocycles. The standard InChI is InChI=1S/C19H21F2N3O2/c1-13-3-6-18(26-2)17(11-13)22-19(25)24-9-7-23(8-10-24)14-4-5-15(20)16(21)12-14/h3-6,11-12H,7-10H2,1-2H3,(H,22,25). The molecule has 26 heavy (non-hydrogen) atoms. The molecule has 1 aliphatic rings. The number of rotatable bonds is 3. The predicted molar refractivity (Wildman–Crippen MR) is 96.9 cm³/mol. The summed E-state index contributed by atoms with van der Waals surface area (Å²) in [5, 5.41) is 2.88. The number of ether oxygens (including phenoxy) is 1. The van der Waals surface area contributed by atoms with Crippen LogP contribution in [0.2, 0.25) is 0 Å². The molecule has 138 valence electrons. The van der Waals surface area contributed by atoms with Gasteiger partial charge in [-0.15, -0.1) is 0 Å². The fraction of sp³-hybridized carbons (Fsp3) is 0.316. The van der Waals surface area contributed by atoms with E-state index in [2.05, 4.69) is 5.32 Å². The highest BCUT2D eigenvalue weighted by Crippen LogP contribution is 2.26. The van der Waals surface area contributed by atoms with Gasteiger partial charge in [-0.25, -0.2) is 13.6 Å². The minimum absolute atomic E-state index is 0.209. The molecule has 0 aliphatic carbocycles. The summed E-state index contributed by atoms with van der Waals surface area (Å²) in [5.41, 5.74) is 2.26. The van der Waals surface area contributed by atoms with Crippen LogP contribution in [-0.4, -0.2) is 44.2 Å². The van der Waals surface area contributed by atoms with E-state index in [4.69, 9.17) is 4.74 Å². The number of hydrogen-bond donors (Lipinski definition) is 1. The number of nitrogens with zero attached hydrogens (tertiary/aromatic N) is 2. The van der Waals surface area contributed by atoms with E-state index >= 15 is 0 Å². The van der Waals surface area contributed by atoms with Gasteiger partial charge in [-0.05, 0) is 36.8 Å². The van der Waals surface area contributed by atoms with Crippen molar-refractivity contribution in [3.8, 4) is 5.75 Å². The number of nitrogens with one attached hydrogen (secondary N) is 1. The number of carbonyl (C=O) groups excluding carboxylic acids is 1. The van der Waals surface area contributed by atoms with Crippen molar-refractivity contribution in [3.05, 3.63) is 53.6 Å². The predicted octanol–water partition coefficient (Wildman–Crippen LogP) is 3.64. The second kappa shape index (κ2) is 7.59. The first-order valence-corrected chi connectivity index (χ1v) is 8.38. The van der Waals surface area contributed by atoms with Crippen LogP contribution in [0.1, 0.15) is 5.56 Å². The number of anilines is 2. The zero-order valence-corrected chi connectivity index (χ0v) is 14.8. The molecule has 1 saturated heterocycles. The molecule has 2 aromatic carbocycles. The Morgan fingerprint density at radius 2 is 1.77 bits per heavy atom. The Kier molecular flexibility index (Phi) is 5.25. The first-order valence-electron chi connectivity index (χ1n) is 8.38. The van der Waals surface area contributed by atoms with Crippen LogP contribution >= 0.6 is 0 Å². The van der Waals surface area contributed by atoms with Crippen LogP contribution in [0.25, 0.3) is 0 Å². The maximum atomic E-state index is 13.4. The highest BCUT2D eigenvalue weighted by atomic mass is 19.2. The molecule has 1 heterocycles. The van der Waals surface area contributed by atoms with Crippen LogP contribution in [0.15, 0.2) is 36.4 Å². The molecule has 0 atom stereocenters. The molecule has 0 radical (unpaired) electrons. The summed E-state index contributed by atoms with van der Waals surface area (Å²) in [4.78, 5) is 16.1. The smallest absolute Gasteiger partial charge is 0.322 e. The van der Waals surface area contributed by atoms with Crippen molar-refractivity contribution in [2.45, 2.75) is 6.92 Å². The maximum Gasteiger partial charge on any atom is 0.322 e. The largest absolute Gasteiger partial charge is 0.495 e. The first kappa shape index (κ1) is 18.0. The molecule has 0 bridgehead atoms. The molecule has 5 nitrogen and oxygen atoms in total. The van der Waals surface area contributed by atoms with E-state index in [-0.39, 0.29) is 6.03 Å². The lowest BCUT2D eigenvalue weighted by Gasteiger charge is -2.36. The van der Waals surface area contributed by atoms with Gasteiger partial charge in [0.1, 0.15) is 5.75 Å². The molecule has 7 heteroatoms. The van der Waals surface area contributed by atoms with Gasteiger partial charge in [0.2, 0.25) is 0 Å². The van der Waals surface area contributed by atoms with E-state index < -0.39 is 11.6 Å². The average Bonchev–Trinajstić information content (AvgIpc) is 2.64. The quantitative estimate of drug-likeness (QED) is 0.908. The minimum atomic E-state index is -0.866. The number of piperazine rings is 1. The number of carbonyl (C=O) groups is 1. The molecule has 1 N–H and O–H groups in total. The van der Waals surface area contributed by atoms with E-state index in [1.165, 1.54) is 6.07 Å². The van der Waals surface area contributed by atoms with Gasteiger partial charge in [0.15, 0.2) is 11.6 Å². The summed E-state index contributed by atoms with van der Waals surface area (Å²) in [7, 11) is 1.56. The Morgan fingerprint density at radius 3 is 2.42 bits per heavy atom. The Hall–Kier alpha value is -2.83. The van der Waals surface area contributed by atoms with Crippen molar-refractivity contribution >= 4 is 17.4 Å². The number of aryl methyl sites for hydroxylation is 1. The summed E-state index contributed by atoms with van der Waals surface area (Å²) >= 11 is 0. The molecule has 1 fully saturated rings. The van der Waals surface area contributed by atoms with E-state index in [9.17, 15) is 13.6 Å². The van der Waals surface area contributed by atoms with Crippen molar-refractivity contribution in [3.63, 3.8) is 0 Å². The van der Waals surface area contributed by atoms with Crippen molar-refractivity contribution in [2.75, 3.05) is 43.5 Å². The van der Waals surface area contributed by atoms with Crippen LogP contribution in [0.4, 0.5) is 25.0 Å². The van der Waals surface area contributed by atoms with Crippen molar-refractivity contribution < 1.29 is 18.3 Å². The van der Waals surface area contributed by atoms with E-state index in [1.54, 1.807) is 18.1 Å². The summed E-state index contributed by atoms with van der Waals surface area (Å²) in [6.07, 6.45) is 0. The number of halogens is 2. The molecular weight excluding hydrogens is 340 g/mol. The number of urea groups is 1. The van der Waals surface area contributed by atoms with Gasteiger partial charge in [0.05, 0.1) is 12.8 Å². The minimum Gasteiger partial charge on any atom is -0.495 e. The lowest BCUT2D eigenvalue weighted by molar-refractivity contribution is 0.208. The Balaban J connectivity index is 1.62. The fourth-order valence-corrected chi connectivity index (χ4v) is 2.96. The van der Waals surface area contributed by atoms with Gasteiger partial charge < -0.3 is 19.9 Å². The van der Waals surface area contributed by atoms with Crippen LogP contribution in [0.3, 0.4) is 0 Å². The summed E-state index contributed by atoms with van der Waals surface area (Å²) in [6.45, 7) is 4.00. The molecule has 2 aromatic rings. The number of benzene rings is 2. The Morgan fingerprint density at radius 1 is 1.04 bits per heavy atom. The monoisotopic (exact) mass is 361 g/mol.